The van der Waals surface area contributed by atoms with Crippen LogP contribution >= 0.6 is 0 Å². The molecule has 53 heavy (non-hydrogen) atoms. The van der Waals surface area contributed by atoms with Crippen LogP contribution in [0.2, 0.25) is 0 Å². The van der Waals surface area contributed by atoms with Gasteiger partial charge in [-0.25, -0.2) is 9.97 Å². The van der Waals surface area contributed by atoms with Crippen molar-refractivity contribution in [2.75, 3.05) is 0 Å². The van der Waals surface area contributed by atoms with E-state index < -0.39 is 0 Å². The van der Waals surface area contributed by atoms with Crippen molar-refractivity contribution in [3.05, 3.63) is 205 Å². The first-order chi connectivity index (χ1) is 26.2. The van der Waals surface area contributed by atoms with E-state index in [1.807, 2.05) is 18.2 Å². The van der Waals surface area contributed by atoms with E-state index in [1.54, 1.807) is 0 Å². The summed E-state index contributed by atoms with van der Waals surface area (Å²) >= 11 is 0. The van der Waals surface area contributed by atoms with E-state index in [0.717, 1.165) is 40.1 Å². The molecule has 0 saturated heterocycles. The number of fused-ring (bicyclic) bond motifs is 4. The van der Waals surface area contributed by atoms with E-state index >= 15 is 0 Å². The van der Waals surface area contributed by atoms with Crippen LogP contribution in [0.5, 0.6) is 0 Å². The van der Waals surface area contributed by atoms with Crippen molar-refractivity contribution >= 4 is 10.8 Å². The molecule has 0 saturated carbocycles. The molecule has 0 unspecified atom stereocenters. The van der Waals surface area contributed by atoms with Crippen molar-refractivity contribution in [2.24, 2.45) is 0 Å². The van der Waals surface area contributed by atoms with Gasteiger partial charge in [-0.05, 0) is 85.0 Å². The summed E-state index contributed by atoms with van der Waals surface area (Å²) in [5, 5.41) is 2.38. The first-order valence-electron chi connectivity index (χ1n) is 18.2. The minimum Gasteiger partial charge on any atom is -0.228 e. The van der Waals surface area contributed by atoms with Gasteiger partial charge < -0.3 is 0 Å². The van der Waals surface area contributed by atoms with E-state index in [9.17, 15) is 0 Å². The Kier molecular flexibility index (Phi) is 7.58. The lowest BCUT2D eigenvalue weighted by atomic mass is 9.91. The van der Waals surface area contributed by atoms with E-state index in [4.69, 9.17) is 9.97 Å². The molecule has 1 aliphatic carbocycles. The third-order valence-electron chi connectivity index (χ3n) is 10.5. The maximum Gasteiger partial charge on any atom is 0.160 e. The Bertz CT molecular complexity index is 2790. The lowest BCUT2D eigenvalue weighted by Gasteiger charge is -2.15. The van der Waals surface area contributed by atoms with Gasteiger partial charge in [-0.1, -0.05) is 182 Å². The molecule has 2 heteroatoms. The molecule has 248 valence electrons. The number of hydrogen-bond acceptors (Lipinski definition) is 2. The summed E-state index contributed by atoms with van der Waals surface area (Å²) in [7, 11) is 0. The summed E-state index contributed by atoms with van der Waals surface area (Å²) < 4.78 is 0. The van der Waals surface area contributed by atoms with Crippen molar-refractivity contribution in [1.82, 2.24) is 9.97 Å². The molecule has 10 rings (SSSR count). The maximum absolute atomic E-state index is 5.22. The molecule has 0 atom stereocenters. The summed E-state index contributed by atoms with van der Waals surface area (Å²) in [5.74, 6) is 0.713. The highest BCUT2D eigenvalue weighted by atomic mass is 14.9. The van der Waals surface area contributed by atoms with Gasteiger partial charge in [-0.15, -0.1) is 0 Å². The lowest BCUT2D eigenvalue weighted by Crippen LogP contribution is -1.97. The van der Waals surface area contributed by atoms with Crippen LogP contribution in [0.4, 0.5) is 0 Å². The summed E-state index contributed by atoms with van der Waals surface area (Å²) in [6.45, 7) is 0. The van der Waals surface area contributed by atoms with Gasteiger partial charge in [0.05, 0.1) is 11.4 Å². The highest BCUT2D eigenvalue weighted by Crippen LogP contribution is 2.43. The fourth-order valence-electron chi connectivity index (χ4n) is 7.90. The molecular weight excluding hydrogens is 641 g/mol. The van der Waals surface area contributed by atoms with Crippen LogP contribution in [0.1, 0.15) is 11.1 Å². The van der Waals surface area contributed by atoms with Crippen LogP contribution in [-0.2, 0) is 6.42 Å². The Morgan fingerprint density at radius 1 is 0.283 bits per heavy atom. The second kappa shape index (κ2) is 13.0. The largest absolute Gasteiger partial charge is 0.228 e. The molecule has 1 heterocycles. The Balaban J connectivity index is 1.06. The quantitative estimate of drug-likeness (QED) is 0.175. The fourth-order valence-corrected chi connectivity index (χ4v) is 7.90. The SMILES string of the molecule is c1ccc(-c2cccc(-c3cc(-c4ccc(-c5ccc6c(c5)Cc5cc(-c7ccccc7)ccc5-6)c5ccccc45)nc(-c4ccccc4)n3)c2)cc1. The first kappa shape index (κ1) is 30.9. The second-order valence-electron chi connectivity index (χ2n) is 13.8. The van der Waals surface area contributed by atoms with Gasteiger partial charge in [0.2, 0.25) is 0 Å². The van der Waals surface area contributed by atoms with E-state index in [-0.39, 0.29) is 0 Å². The zero-order valence-electron chi connectivity index (χ0n) is 29.1. The number of rotatable bonds is 6. The predicted octanol–water partition coefficient (Wildman–Crippen LogP) is 13.2. The van der Waals surface area contributed by atoms with Gasteiger partial charge in [-0.3, -0.25) is 0 Å². The predicted molar refractivity (Wildman–Crippen MR) is 220 cm³/mol. The van der Waals surface area contributed by atoms with Crippen molar-refractivity contribution in [3.8, 4) is 78.4 Å². The average molecular weight is 675 g/mol. The average Bonchev–Trinajstić information content (AvgIpc) is 3.61. The Hall–Kier alpha value is -6.90. The molecule has 1 aromatic heterocycles. The normalized spacial score (nSPS) is 11.7. The molecule has 0 amide bonds. The molecule has 0 bridgehead atoms. The molecule has 2 nitrogen and oxygen atoms in total. The zero-order valence-corrected chi connectivity index (χ0v) is 29.1. The van der Waals surface area contributed by atoms with Crippen LogP contribution in [-0.4, -0.2) is 9.97 Å². The van der Waals surface area contributed by atoms with E-state index in [0.29, 0.717) is 5.82 Å². The summed E-state index contributed by atoms with van der Waals surface area (Å²) in [4.78, 5) is 10.4. The van der Waals surface area contributed by atoms with Gasteiger partial charge in [0.25, 0.3) is 0 Å². The third kappa shape index (κ3) is 5.71. The molecule has 0 N–H and O–H groups in total. The number of nitrogens with zero attached hydrogens (tertiary/aromatic N) is 2. The minimum atomic E-state index is 0.713. The Morgan fingerprint density at radius 3 is 1.43 bits per heavy atom. The number of aromatic nitrogens is 2. The van der Waals surface area contributed by atoms with Gasteiger partial charge in [0.15, 0.2) is 5.82 Å². The number of benzene rings is 8. The molecule has 0 aliphatic heterocycles. The summed E-state index contributed by atoms with van der Waals surface area (Å²) in [6, 6.07) is 69.4. The van der Waals surface area contributed by atoms with E-state index in [1.165, 1.54) is 60.8 Å². The smallest absolute Gasteiger partial charge is 0.160 e. The van der Waals surface area contributed by atoms with Gasteiger partial charge in [0, 0.05) is 16.7 Å². The molecule has 0 spiro atoms. The molecule has 1 aliphatic rings. The highest BCUT2D eigenvalue weighted by molar-refractivity contribution is 6.05. The van der Waals surface area contributed by atoms with Gasteiger partial charge in [-0.2, -0.15) is 0 Å². The Labute approximate surface area is 309 Å². The Morgan fingerprint density at radius 2 is 0.755 bits per heavy atom. The van der Waals surface area contributed by atoms with Crippen molar-refractivity contribution < 1.29 is 0 Å². The van der Waals surface area contributed by atoms with Crippen LogP contribution in [0.15, 0.2) is 194 Å². The van der Waals surface area contributed by atoms with Crippen LogP contribution in [0.3, 0.4) is 0 Å². The molecule has 9 aromatic rings. The minimum absolute atomic E-state index is 0.713. The summed E-state index contributed by atoms with van der Waals surface area (Å²) in [5.41, 5.74) is 17.7. The lowest BCUT2D eigenvalue weighted by molar-refractivity contribution is 1.18. The van der Waals surface area contributed by atoms with E-state index in [2.05, 4.69) is 176 Å². The fraction of sp³-hybridized carbons (Fsp3) is 0.0196. The van der Waals surface area contributed by atoms with Crippen molar-refractivity contribution in [1.29, 1.82) is 0 Å². The van der Waals surface area contributed by atoms with Crippen LogP contribution < -0.4 is 0 Å². The van der Waals surface area contributed by atoms with Crippen molar-refractivity contribution in [3.63, 3.8) is 0 Å². The number of hydrogen-bond donors (Lipinski definition) is 0. The first-order valence-corrected chi connectivity index (χ1v) is 18.2. The monoisotopic (exact) mass is 674 g/mol. The maximum atomic E-state index is 5.22. The van der Waals surface area contributed by atoms with Crippen LogP contribution in [0.25, 0.3) is 89.2 Å². The van der Waals surface area contributed by atoms with Gasteiger partial charge >= 0.3 is 0 Å². The highest BCUT2D eigenvalue weighted by Gasteiger charge is 2.21. The van der Waals surface area contributed by atoms with Gasteiger partial charge in [0.1, 0.15) is 0 Å². The zero-order chi connectivity index (χ0) is 35.1. The molecule has 8 aromatic carbocycles. The second-order valence-corrected chi connectivity index (χ2v) is 13.8. The third-order valence-corrected chi connectivity index (χ3v) is 10.5. The molecule has 0 radical (unpaired) electrons. The summed E-state index contributed by atoms with van der Waals surface area (Å²) in [6.07, 6.45) is 0.937. The standard InChI is InChI=1S/C51H34N2/c1-4-13-34(14-5-1)37-19-12-20-40(29-37)49-33-50(53-51(52-49)36-17-8-3-9-18-36)48-28-27-43(46-21-10-11-22-47(46)48)39-24-26-45-42(31-39)32-41-30-38(23-25-44(41)45)35-15-6-2-7-16-35/h1-31,33H,32H2. The molecule has 0 fully saturated rings. The van der Waals surface area contributed by atoms with Crippen molar-refractivity contribution in [2.45, 2.75) is 6.42 Å². The van der Waals surface area contributed by atoms with Crippen LogP contribution in [0, 0.1) is 0 Å². The topological polar surface area (TPSA) is 25.8 Å². The molecular formula is C51H34N2.